The summed E-state index contributed by atoms with van der Waals surface area (Å²) in [6, 6.07) is 0. The Balaban J connectivity index is 1.85. The van der Waals surface area contributed by atoms with Crippen LogP contribution in [0.4, 0.5) is 0 Å². The normalized spacial score (nSPS) is 32.8. The molecule has 4 heteroatoms. The lowest BCUT2D eigenvalue weighted by Gasteiger charge is -2.50. The highest BCUT2D eigenvalue weighted by Crippen LogP contribution is 2.40. The molecule has 112 valence electrons. The number of rotatable bonds is 4. The van der Waals surface area contributed by atoms with Crippen molar-refractivity contribution in [3.05, 3.63) is 0 Å². The van der Waals surface area contributed by atoms with Crippen LogP contribution in [0.5, 0.6) is 0 Å². The summed E-state index contributed by atoms with van der Waals surface area (Å²) in [4.78, 5) is 27.5. The van der Waals surface area contributed by atoms with Gasteiger partial charge in [-0.25, -0.2) is 0 Å². The largest absolute Gasteiger partial charge is 0.340 e. The van der Waals surface area contributed by atoms with E-state index in [0.29, 0.717) is 6.42 Å². The lowest BCUT2D eigenvalue weighted by atomic mass is 9.83. The summed E-state index contributed by atoms with van der Waals surface area (Å²) < 4.78 is 0. The van der Waals surface area contributed by atoms with Gasteiger partial charge in [-0.1, -0.05) is 32.6 Å². The third-order valence-corrected chi connectivity index (χ3v) is 5.70. The molecule has 0 aromatic heterocycles. The number of hydrogen-bond donors (Lipinski definition) is 1. The van der Waals surface area contributed by atoms with Crippen molar-refractivity contribution in [3.63, 3.8) is 0 Å². The van der Waals surface area contributed by atoms with Crippen LogP contribution >= 0.6 is 0 Å². The number of nitrogens with one attached hydrogen (secondary N) is 1. The second kappa shape index (κ2) is 4.74. The van der Waals surface area contributed by atoms with Crippen LogP contribution in [-0.2, 0) is 9.59 Å². The van der Waals surface area contributed by atoms with Crippen LogP contribution in [0.1, 0.15) is 65.2 Å². The summed E-state index contributed by atoms with van der Waals surface area (Å²) in [7, 11) is 0. The monoisotopic (exact) mass is 278 g/mol. The first-order chi connectivity index (χ1) is 9.52. The Kier molecular flexibility index (Phi) is 3.30. The topological polar surface area (TPSA) is 49.4 Å². The van der Waals surface area contributed by atoms with Crippen molar-refractivity contribution in [3.8, 4) is 0 Å². The smallest absolute Gasteiger partial charge is 0.249 e. The first-order valence-electron chi connectivity index (χ1n) is 8.16. The molecule has 20 heavy (non-hydrogen) atoms. The predicted molar refractivity (Wildman–Crippen MR) is 77.1 cm³/mol. The van der Waals surface area contributed by atoms with Crippen LogP contribution in [0.2, 0.25) is 0 Å². The zero-order chi connectivity index (χ0) is 14.4. The van der Waals surface area contributed by atoms with Crippen LogP contribution in [0.3, 0.4) is 0 Å². The van der Waals surface area contributed by atoms with Gasteiger partial charge in [0.25, 0.3) is 0 Å². The number of amides is 2. The van der Waals surface area contributed by atoms with Crippen LogP contribution in [-0.4, -0.2) is 34.3 Å². The average molecular weight is 278 g/mol. The van der Waals surface area contributed by atoms with Gasteiger partial charge in [-0.05, 0) is 38.5 Å². The van der Waals surface area contributed by atoms with E-state index in [1.54, 1.807) is 0 Å². The average Bonchev–Trinajstić information content (AvgIpc) is 3.15. The van der Waals surface area contributed by atoms with Crippen LogP contribution in [0.25, 0.3) is 0 Å². The molecule has 0 aromatic rings. The lowest BCUT2D eigenvalue weighted by Crippen LogP contribution is -2.74. The minimum absolute atomic E-state index is 0.0531. The second-order valence-electron chi connectivity index (χ2n) is 7.06. The molecule has 1 aliphatic heterocycles. The van der Waals surface area contributed by atoms with Gasteiger partial charge in [0.05, 0.1) is 0 Å². The lowest BCUT2D eigenvalue weighted by molar-refractivity contribution is -0.162. The van der Waals surface area contributed by atoms with E-state index in [4.69, 9.17) is 0 Å². The van der Waals surface area contributed by atoms with E-state index < -0.39 is 11.1 Å². The highest BCUT2D eigenvalue weighted by atomic mass is 16.2. The fraction of sp³-hybridized carbons (Fsp3) is 0.875. The van der Waals surface area contributed by atoms with Crippen molar-refractivity contribution in [2.24, 2.45) is 5.92 Å². The number of nitrogens with zero attached hydrogens (tertiary/aromatic N) is 1. The van der Waals surface area contributed by atoms with Gasteiger partial charge in [0.1, 0.15) is 11.1 Å². The summed E-state index contributed by atoms with van der Waals surface area (Å²) in [6.45, 7) is 4.68. The molecule has 1 heterocycles. The number of carbonyl (C=O) groups is 2. The molecule has 1 unspecified atom stereocenters. The Hall–Kier alpha value is -1.06. The molecule has 1 atom stereocenters. The predicted octanol–water partition coefficient (Wildman–Crippen LogP) is 2.23. The summed E-state index contributed by atoms with van der Waals surface area (Å²) in [5.41, 5.74) is -1.23. The van der Waals surface area contributed by atoms with E-state index in [2.05, 4.69) is 5.32 Å². The molecule has 0 aromatic carbocycles. The number of hydrogen-bond acceptors (Lipinski definition) is 2. The zero-order valence-corrected chi connectivity index (χ0v) is 12.7. The summed E-state index contributed by atoms with van der Waals surface area (Å²) >= 11 is 0. The van der Waals surface area contributed by atoms with Crippen molar-refractivity contribution in [1.82, 2.24) is 10.2 Å². The van der Waals surface area contributed by atoms with Gasteiger partial charge in [0.2, 0.25) is 11.8 Å². The minimum Gasteiger partial charge on any atom is -0.340 e. The van der Waals surface area contributed by atoms with Gasteiger partial charge < -0.3 is 10.2 Å². The maximum Gasteiger partial charge on any atom is 0.249 e. The maximum absolute atomic E-state index is 13.0. The van der Waals surface area contributed by atoms with E-state index in [1.165, 1.54) is 12.8 Å². The molecule has 0 bridgehead atoms. The van der Waals surface area contributed by atoms with E-state index in [0.717, 1.165) is 44.6 Å². The summed E-state index contributed by atoms with van der Waals surface area (Å²) in [5, 5.41) is 3.09. The molecule has 4 nitrogen and oxygen atoms in total. The molecule has 2 saturated carbocycles. The molecule has 3 aliphatic rings. The van der Waals surface area contributed by atoms with Gasteiger partial charge in [0, 0.05) is 6.54 Å². The Bertz CT molecular complexity index is 424. The van der Waals surface area contributed by atoms with Gasteiger partial charge >= 0.3 is 0 Å². The van der Waals surface area contributed by atoms with Crippen molar-refractivity contribution < 1.29 is 9.59 Å². The molecule has 2 aliphatic carbocycles. The fourth-order valence-corrected chi connectivity index (χ4v) is 3.75. The Morgan fingerprint density at radius 2 is 1.90 bits per heavy atom. The highest BCUT2D eigenvalue weighted by molar-refractivity contribution is 6.02. The van der Waals surface area contributed by atoms with Crippen LogP contribution < -0.4 is 5.32 Å². The van der Waals surface area contributed by atoms with Crippen molar-refractivity contribution in [2.45, 2.75) is 76.3 Å². The molecule has 1 N–H and O–H groups in total. The summed E-state index contributed by atoms with van der Waals surface area (Å²) in [5.74, 6) is 1.02. The fourth-order valence-electron chi connectivity index (χ4n) is 3.75. The number of piperazine rings is 1. The van der Waals surface area contributed by atoms with E-state index >= 15 is 0 Å². The van der Waals surface area contributed by atoms with Gasteiger partial charge in [0.15, 0.2) is 0 Å². The van der Waals surface area contributed by atoms with E-state index in [9.17, 15) is 9.59 Å². The van der Waals surface area contributed by atoms with Crippen LogP contribution in [0.15, 0.2) is 0 Å². The van der Waals surface area contributed by atoms with Crippen molar-refractivity contribution >= 4 is 11.8 Å². The Morgan fingerprint density at radius 3 is 2.45 bits per heavy atom. The molecular formula is C16H26N2O2. The van der Waals surface area contributed by atoms with Gasteiger partial charge in [-0.15, -0.1) is 0 Å². The first kappa shape index (κ1) is 13.9. The van der Waals surface area contributed by atoms with E-state index in [-0.39, 0.29) is 11.8 Å². The molecule has 1 spiro atoms. The standard InChI is InChI=1S/C16H26N2O2/c1-3-15(2)13(19)17-16(9-4-5-10-16)14(20)18(15)11-8-12-6-7-12/h12H,3-11H2,1-2H3,(H,17,19). The molecule has 3 fully saturated rings. The van der Waals surface area contributed by atoms with Crippen molar-refractivity contribution in [2.75, 3.05) is 6.54 Å². The van der Waals surface area contributed by atoms with Gasteiger partial charge in [-0.3, -0.25) is 9.59 Å². The minimum atomic E-state index is -0.653. The third kappa shape index (κ3) is 2.04. The Labute approximate surface area is 121 Å². The Morgan fingerprint density at radius 1 is 1.25 bits per heavy atom. The van der Waals surface area contributed by atoms with Crippen LogP contribution in [0, 0.1) is 5.92 Å². The van der Waals surface area contributed by atoms with E-state index in [1.807, 2.05) is 18.7 Å². The molecule has 2 amide bonds. The molecule has 3 rings (SSSR count). The maximum atomic E-state index is 13.0. The van der Waals surface area contributed by atoms with Gasteiger partial charge in [-0.2, -0.15) is 0 Å². The SMILES string of the molecule is CCC1(C)C(=O)NC2(CCCC2)C(=O)N1CCC1CC1. The third-order valence-electron chi connectivity index (χ3n) is 5.70. The molecule has 0 radical (unpaired) electrons. The zero-order valence-electron chi connectivity index (χ0n) is 12.7. The quantitative estimate of drug-likeness (QED) is 0.857. The summed E-state index contributed by atoms with van der Waals surface area (Å²) in [6.07, 6.45) is 8.06. The molecule has 1 saturated heterocycles. The first-order valence-corrected chi connectivity index (χ1v) is 8.16. The molecular weight excluding hydrogens is 252 g/mol. The number of carbonyl (C=O) groups excluding carboxylic acids is 2. The highest BCUT2D eigenvalue weighted by Gasteiger charge is 2.56. The second-order valence-corrected chi connectivity index (χ2v) is 7.06. The van der Waals surface area contributed by atoms with Crippen molar-refractivity contribution in [1.29, 1.82) is 0 Å².